The van der Waals surface area contributed by atoms with Crippen LogP contribution in [0.1, 0.15) is 31.1 Å². The van der Waals surface area contributed by atoms with Gasteiger partial charge < -0.3 is 10.1 Å². The fourth-order valence-electron chi connectivity index (χ4n) is 2.17. The van der Waals surface area contributed by atoms with Crippen LogP contribution in [0.3, 0.4) is 0 Å². The molecule has 1 aromatic heterocycles. The number of ether oxygens (including phenoxy) is 1. The van der Waals surface area contributed by atoms with Crippen molar-refractivity contribution in [3.8, 4) is 0 Å². The van der Waals surface area contributed by atoms with Gasteiger partial charge in [0.2, 0.25) is 0 Å². The van der Waals surface area contributed by atoms with Crippen molar-refractivity contribution in [2.75, 3.05) is 6.54 Å². The van der Waals surface area contributed by atoms with Gasteiger partial charge in [0.25, 0.3) is 0 Å². The molecular weight excluding hydrogens is 327 g/mol. The van der Waals surface area contributed by atoms with E-state index in [-0.39, 0.29) is 6.10 Å². The van der Waals surface area contributed by atoms with E-state index in [0.29, 0.717) is 6.04 Å². The zero-order chi connectivity index (χ0) is 11.9. The van der Waals surface area contributed by atoms with Gasteiger partial charge in [0.05, 0.1) is 12.0 Å². The molecule has 1 N–H and O–H groups in total. The molecule has 1 saturated heterocycles. The quantitative estimate of drug-likeness (QED) is 0.673. The first-order chi connectivity index (χ1) is 8.42. The van der Waals surface area contributed by atoms with Crippen LogP contribution >= 0.6 is 22.6 Å². The second kappa shape index (κ2) is 6.96. The normalized spacial score (nSPS) is 22.5. The second-order valence-electron chi connectivity index (χ2n) is 4.13. The molecule has 3 nitrogen and oxygen atoms in total. The number of piperidine rings is 1. The van der Waals surface area contributed by atoms with Crippen LogP contribution in [0.5, 0.6) is 0 Å². The minimum absolute atomic E-state index is 0.0162. The third-order valence-corrected chi connectivity index (χ3v) is 3.26. The van der Waals surface area contributed by atoms with Crippen LogP contribution in [0.2, 0.25) is 0 Å². The highest BCUT2D eigenvalue weighted by atomic mass is 127. The lowest BCUT2D eigenvalue weighted by atomic mass is 9.97. The number of hydrogen-bond acceptors (Lipinski definition) is 3. The summed E-state index contributed by atoms with van der Waals surface area (Å²) in [5.74, 6) is 0. The molecule has 1 fully saturated rings. The van der Waals surface area contributed by atoms with Crippen LogP contribution in [0.4, 0.5) is 0 Å². The van der Waals surface area contributed by atoms with Crippen LogP contribution in [-0.4, -0.2) is 17.6 Å². The van der Waals surface area contributed by atoms with Gasteiger partial charge in [-0.25, -0.2) is 0 Å². The summed E-state index contributed by atoms with van der Waals surface area (Å²) in [5.41, 5.74) is 1.00. The van der Waals surface area contributed by atoms with Gasteiger partial charge in [-0.05, 0) is 54.1 Å². The van der Waals surface area contributed by atoms with E-state index in [0.717, 1.165) is 18.7 Å². The van der Waals surface area contributed by atoms with E-state index in [1.807, 2.05) is 28.5 Å². The lowest BCUT2D eigenvalue weighted by Crippen LogP contribution is -2.39. The SMILES string of the molecule is I/C=C/OC(c1ccccn1)C1CCCCN1. The van der Waals surface area contributed by atoms with Crippen molar-refractivity contribution in [2.45, 2.75) is 31.4 Å². The Kier molecular flexibility index (Phi) is 5.25. The molecule has 1 aliphatic rings. The Balaban J connectivity index is 2.12. The third-order valence-electron chi connectivity index (χ3n) is 2.97. The number of rotatable bonds is 4. The summed E-state index contributed by atoms with van der Waals surface area (Å²) >= 11 is 2.16. The maximum Gasteiger partial charge on any atom is 0.155 e. The number of aromatic nitrogens is 1. The van der Waals surface area contributed by atoms with Crippen LogP contribution in [0.15, 0.2) is 34.7 Å². The largest absolute Gasteiger partial charge is 0.490 e. The smallest absolute Gasteiger partial charge is 0.155 e. The minimum atomic E-state index is 0.0162. The highest BCUT2D eigenvalue weighted by Gasteiger charge is 2.26. The predicted octanol–water partition coefficient (Wildman–Crippen LogP) is 3.19. The summed E-state index contributed by atoms with van der Waals surface area (Å²) in [5, 5.41) is 3.53. The molecule has 4 heteroatoms. The first-order valence-electron chi connectivity index (χ1n) is 5.97. The molecule has 0 spiro atoms. The molecule has 0 aliphatic carbocycles. The van der Waals surface area contributed by atoms with Gasteiger partial charge in [0, 0.05) is 16.3 Å². The van der Waals surface area contributed by atoms with Crippen molar-refractivity contribution in [2.24, 2.45) is 0 Å². The number of nitrogens with zero attached hydrogens (tertiary/aromatic N) is 1. The minimum Gasteiger partial charge on any atom is -0.490 e. The Morgan fingerprint density at radius 1 is 1.47 bits per heavy atom. The van der Waals surface area contributed by atoms with Crippen molar-refractivity contribution in [3.63, 3.8) is 0 Å². The molecule has 2 heterocycles. The Bertz CT molecular complexity index is 350. The number of pyridine rings is 1. The highest BCUT2D eigenvalue weighted by Crippen LogP contribution is 2.25. The van der Waals surface area contributed by atoms with E-state index in [1.165, 1.54) is 12.8 Å². The zero-order valence-electron chi connectivity index (χ0n) is 9.68. The Labute approximate surface area is 116 Å². The van der Waals surface area contributed by atoms with Crippen molar-refractivity contribution < 1.29 is 4.74 Å². The van der Waals surface area contributed by atoms with E-state index >= 15 is 0 Å². The first kappa shape index (κ1) is 12.8. The fraction of sp³-hybridized carbons (Fsp3) is 0.462. The van der Waals surface area contributed by atoms with Crippen molar-refractivity contribution in [3.05, 3.63) is 40.4 Å². The lowest BCUT2D eigenvalue weighted by molar-refractivity contribution is 0.0888. The molecule has 17 heavy (non-hydrogen) atoms. The average Bonchev–Trinajstić information content (AvgIpc) is 2.42. The van der Waals surface area contributed by atoms with Gasteiger partial charge >= 0.3 is 0 Å². The average molecular weight is 344 g/mol. The predicted molar refractivity (Wildman–Crippen MR) is 76.9 cm³/mol. The van der Waals surface area contributed by atoms with Gasteiger partial charge in [-0.3, -0.25) is 4.98 Å². The van der Waals surface area contributed by atoms with E-state index in [2.05, 4.69) is 32.9 Å². The summed E-state index contributed by atoms with van der Waals surface area (Å²) < 4.78 is 7.69. The molecule has 2 rings (SSSR count). The van der Waals surface area contributed by atoms with Crippen LogP contribution in [0.25, 0.3) is 0 Å². The van der Waals surface area contributed by atoms with Crippen molar-refractivity contribution in [1.29, 1.82) is 0 Å². The first-order valence-corrected chi connectivity index (χ1v) is 7.21. The van der Waals surface area contributed by atoms with E-state index in [4.69, 9.17) is 4.74 Å². The van der Waals surface area contributed by atoms with Gasteiger partial charge in [0.1, 0.15) is 0 Å². The van der Waals surface area contributed by atoms with Gasteiger partial charge in [-0.15, -0.1) is 0 Å². The van der Waals surface area contributed by atoms with Crippen LogP contribution in [0, 0.1) is 0 Å². The molecular formula is C13H17IN2O. The summed E-state index contributed by atoms with van der Waals surface area (Å²) in [6.07, 6.45) is 7.25. The number of nitrogens with one attached hydrogen (secondary N) is 1. The molecule has 92 valence electrons. The van der Waals surface area contributed by atoms with E-state index < -0.39 is 0 Å². The van der Waals surface area contributed by atoms with Crippen molar-refractivity contribution >= 4 is 22.6 Å². The van der Waals surface area contributed by atoms with Crippen LogP contribution < -0.4 is 5.32 Å². The summed E-state index contributed by atoms with van der Waals surface area (Å²) in [6, 6.07) is 6.34. The molecule has 0 aromatic carbocycles. The summed E-state index contributed by atoms with van der Waals surface area (Å²) in [7, 11) is 0. The van der Waals surface area contributed by atoms with E-state index in [1.54, 1.807) is 6.26 Å². The number of hydrogen-bond donors (Lipinski definition) is 1. The molecule has 0 radical (unpaired) electrons. The molecule has 2 atom stereocenters. The Morgan fingerprint density at radius 3 is 3.06 bits per heavy atom. The standard InChI is InChI=1S/C13H17IN2O/c14-7-10-17-13(11-5-1-3-8-15-11)12-6-2-4-9-16-12/h1,3,5,7-8,10,12-13,16H,2,4,6,9H2/b10-7+. The van der Waals surface area contributed by atoms with Gasteiger partial charge in [-0.1, -0.05) is 12.5 Å². The topological polar surface area (TPSA) is 34.1 Å². The number of halogens is 1. The Morgan fingerprint density at radius 2 is 2.41 bits per heavy atom. The molecule has 0 amide bonds. The molecule has 0 bridgehead atoms. The summed E-state index contributed by atoms with van der Waals surface area (Å²) in [6.45, 7) is 1.07. The highest BCUT2D eigenvalue weighted by molar-refractivity contribution is 14.1. The molecule has 0 saturated carbocycles. The summed E-state index contributed by atoms with van der Waals surface area (Å²) in [4.78, 5) is 4.41. The monoisotopic (exact) mass is 344 g/mol. The van der Waals surface area contributed by atoms with Crippen LogP contribution in [-0.2, 0) is 4.74 Å². The fourth-order valence-corrected chi connectivity index (χ4v) is 2.34. The van der Waals surface area contributed by atoms with Crippen molar-refractivity contribution in [1.82, 2.24) is 10.3 Å². The second-order valence-corrected chi connectivity index (χ2v) is 4.85. The maximum atomic E-state index is 5.80. The lowest BCUT2D eigenvalue weighted by Gasteiger charge is -2.30. The third kappa shape index (κ3) is 3.67. The molecule has 1 aromatic rings. The van der Waals surface area contributed by atoms with Gasteiger partial charge in [0.15, 0.2) is 6.10 Å². The Hall–Kier alpha value is -0.620. The zero-order valence-corrected chi connectivity index (χ0v) is 11.8. The van der Waals surface area contributed by atoms with Gasteiger partial charge in [-0.2, -0.15) is 0 Å². The molecule has 2 unspecified atom stereocenters. The maximum absolute atomic E-state index is 5.80. The van der Waals surface area contributed by atoms with E-state index in [9.17, 15) is 0 Å². The molecule has 1 aliphatic heterocycles.